The molecule has 2 N–H and O–H groups in total. The van der Waals surface area contributed by atoms with Gasteiger partial charge in [0.2, 0.25) is 0 Å². The molecule has 1 amide bonds. The highest BCUT2D eigenvalue weighted by Gasteiger charge is 2.16. The number of aliphatic hydroxyl groups is 1. The number of hydrogen-bond donors (Lipinski definition) is 2. The maximum atomic E-state index is 12.2. The summed E-state index contributed by atoms with van der Waals surface area (Å²) in [4.78, 5) is 12.2. The smallest absolute Gasteiger partial charge is 0.271 e. The molecule has 1 aromatic heterocycles. The lowest BCUT2D eigenvalue weighted by Crippen LogP contribution is -2.35. The molecule has 5 nitrogen and oxygen atoms in total. The molecule has 1 heterocycles. The Bertz CT molecular complexity index is 622. The van der Waals surface area contributed by atoms with Crippen molar-refractivity contribution >= 4 is 5.91 Å². The zero-order chi connectivity index (χ0) is 16.1. The van der Waals surface area contributed by atoms with Crippen molar-refractivity contribution in [3.05, 3.63) is 47.8 Å². The Labute approximate surface area is 131 Å². The highest BCUT2D eigenvalue weighted by Crippen LogP contribution is 2.12. The van der Waals surface area contributed by atoms with Crippen molar-refractivity contribution in [2.24, 2.45) is 5.92 Å². The molecule has 5 heteroatoms. The van der Waals surface area contributed by atoms with Gasteiger partial charge in [0.1, 0.15) is 0 Å². The van der Waals surface area contributed by atoms with E-state index in [9.17, 15) is 9.90 Å². The van der Waals surface area contributed by atoms with Crippen LogP contribution in [0.25, 0.3) is 5.69 Å². The zero-order valence-electron chi connectivity index (χ0n) is 13.3. The van der Waals surface area contributed by atoms with Crippen LogP contribution >= 0.6 is 0 Å². The molecule has 22 heavy (non-hydrogen) atoms. The van der Waals surface area contributed by atoms with Crippen molar-refractivity contribution < 1.29 is 9.90 Å². The van der Waals surface area contributed by atoms with Crippen LogP contribution in [0.2, 0.25) is 0 Å². The van der Waals surface area contributed by atoms with E-state index in [1.165, 1.54) is 0 Å². The number of hydrogen-bond acceptors (Lipinski definition) is 3. The van der Waals surface area contributed by atoms with Gasteiger partial charge in [-0.1, -0.05) is 38.5 Å². The van der Waals surface area contributed by atoms with Crippen LogP contribution in [0.4, 0.5) is 0 Å². The maximum absolute atomic E-state index is 12.2. The quantitative estimate of drug-likeness (QED) is 0.860. The summed E-state index contributed by atoms with van der Waals surface area (Å²) in [6.07, 6.45) is 0.338. The number of nitrogens with zero attached hydrogens (tertiary/aromatic N) is 2. The second kappa shape index (κ2) is 7.22. The van der Waals surface area contributed by atoms with Gasteiger partial charge in [0.05, 0.1) is 11.8 Å². The van der Waals surface area contributed by atoms with E-state index in [0.717, 1.165) is 17.8 Å². The number of benzene rings is 1. The van der Waals surface area contributed by atoms with Crippen molar-refractivity contribution in [2.75, 3.05) is 6.54 Å². The summed E-state index contributed by atoms with van der Waals surface area (Å²) in [7, 11) is 0. The number of aromatic nitrogens is 2. The highest BCUT2D eigenvalue weighted by molar-refractivity contribution is 5.92. The average Bonchev–Trinajstić information content (AvgIpc) is 2.94. The van der Waals surface area contributed by atoms with Gasteiger partial charge in [-0.25, -0.2) is 4.68 Å². The summed E-state index contributed by atoms with van der Waals surface area (Å²) < 4.78 is 1.74. The molecule has 2 atom stereocenters. The highest BCUT2D eigenvalue weighted by atomic mass is 16.3. The van der Waals surface area contributed by atoms with E-state index in [2.05, 4.69) is 10.4 Å². The Balaban J connectivity index is 2.06. The Morgan fingerprint density at radius 2 is 2.05 bits per heavy atom. The van der Waals surface area contributed by atoms with E-state index < -0.39 is 6.10 Å². The van der Waals surface area contributed by atoms with E-state index in [-0.39, 0.29) is 18.4 Å². The molecule has 1 aromatic carbocycles. The number of para-hydroxylation sites is 1. The molecule has 2 aromatic rings. The van der Waals surface area contributed by atoms with E-state index in [0.29, 0.717) is 5.69 Å². The molecule has 0 aliphatic carbocycles. The lowest BCUT2D eigenvalue weighted by Gasteiger charge is -2.17. The Kier molecular flexibility index (Phi) is 5.33. The van der Waals surface area contributed by atoms with Crippen molar-refractivity contribution in [2.45, 2.75) is 33.3 Å². The molecule has 0 radical (unpaired) electrons. The Hall–Kier alpha value is -2.14. The van der Waals surface area contributed by atoms with Gasteiger partial charge in [-0.15, -0.1) is 0 Å². The van der Waals surface area contributed by atoms with Crippen LogP contribution < -0.4 is 5.32 Å². The number of nitrogens with one attached hydrogen (secondary N) is 1. The third-order valence-electron chi connectivity index (χ3n) is 3.89. The van der Waals surface area contributed by atoms with E-state index in [1.54, 1.807) is 10.7 Å². The molecule has 0 fully saturated rings. The summed E-state index contributed by atoms with van der Waals surface area (Å²) in [5.74, 6) is -0.107. The second-order valence-electron chi connectivity index (χ2n) is 5.58. The largest absolute Gasteiger partial charge is 0.391 e. The molecule has 0 saturated heterocycles. The van der Waals surface area contributed by atoms with E-state index >= 15 is 0 Å². The minimum atomic E-state index is -0.536. The second-order valence-corrected chi connectivity index (χ2v) is 5.58. The molecule has 0 aliphatic rings. The maximum Gasteiger partial charge on any atom is 0.271 e. The average molecular weight is 301 g/mol. The monoisotopic (exact) mass is 301 g/mol. The minimum absolute atomic E-state index is 0.156. The number of aryl methyl sites for hydroxylation is 1. The zero-order valence-corrected chi connectivity index (χ0v) is 13.3. The first-order valence-corrected chi connectivity index (χ1v) is 7.61. The molecule has 2 rings (SSSR count). The van der Waals surface area contributed by atoms with Gasteiger partial charge < -0.3 is 10.4 Å². The van der Waals surface area contributed by atoms with E-state index in [1.807, 2.05) is 51.1 Å². The van der Waals surface area contributed by atoms with Gasteiger partial charge in [0, 0.05) is 12.2 Å². The lowest BCUT2D eigenvalue weighted by atomic mass is 10.0. The van der Waals surface area contributed by atoms with Crippen LogP contribution in [-0.4, -0.2) is 33.4 Å². The lowest BCUT2D eigenvalue weighted by molar-refractivity contribution is 0.0845. The first-order valence-electron chi connectivity index (χ1n) is 7.61. The fraction of sp³-hybridized carbons (Fsp3) is 0.412. The van der Waals surface area contributed by atoms with Crippen LogP contribution in [0.5, 0.6) is 0 Å². The van der Waals surface area contributed by atoms with Gasteiger partial charge >= 0.3 is 0 Å². The van der Waals surface area contributed by atoms with Crippen LogP contribution in [0, 0.1) is 12.8 Å². The van der Waals surface area contributed by atoms with Crippen LogP contribution in [0.1, 0.15) is 36.5 Å². The standard InChI is InChI=1S/C17H23N3O2/c1-4-12(2)16(21)11-18-17(22)15-10-13(3)20(19-15)14-8-6-5-7-9-14/h5-10,12,16,21H,4,11H2,1-3H3,(H,18,22). The summed E-state index contributed by atoms with van der Waals surface area (Å²) in [5.41, 5.74) is 2.16. The van der Waals surface area contributed by atoms with Crippen molar-refractivity contribution in [3.63, 3.8) is 0 Å². The molecule has 2 unspecified atom stereocenters. The number of rotatable bonds is 6. The van der Waals surface area contributed by atoms with Gasteiger partial charge in [-0.3, -0.25) is 4.79 Å². The number of aliphatic hydroxyl groups excluding tert-OH is 1. The Morgan fingerprint density at radius 3 is 2.68 bits per heavy atom. The van der Waals surface area contributed by atoms with Crippen molar-refractivity contribution in [1.29, 1.82) is 0 Å². The normalized spacial score (nSPS) is 13.6. The molecule has 0 bridgehead atoms. The molecule has 118 valence electrons. The predicted octanol–water partition coefficient (Wildman–Crippen LogP) is 2.32. The predicted molar refractivity (Wildman–Crippen MR) is 86.1 cm³/mol. The molecule has 0 saturated carbocycles. The summed E-state index contributed by atoms with van der Waals surface area (Å²) in [6, 6.07) is 11.4. The van der Waals surface area contributed by atoms with E-state index in [4.69, 9.17) is 0 Å². The van der Waals surface area contributed by atoms with Crippen molar-refractivity contribution in [1.82, 2.24) is 15.1 Å². The van der Waals surface area contributed by atoms with Gasteiger partial charge in [0.25, 0.3) is 5.91 Å². The summed E-state index contributed by atoms with van der Waals surface area (Å²) in [6.45, 7) is 6.13. The molecular formula is C17H23N3O2. The molecule has 0 aliphatic heterocycles. The fourth-order valence-electron chi connectivity index (χ4n) is 2.18. The number of carbonyl (C=O) groups is 1. The van der Waals surface area contributed by atoms with Gasteiger partial charge in [0.15, 0.2) is 5.69 Å². The summed E-state index contributed by atoms with van der Waals surface area (Å²) in [5, 5.41) is 17.0. The van der Waals surface area contributed by atoms with Gasteiger partial charge in [-0.05, 0) is 31.0 Å². The fourth-order valence-corrected chi connectivity index (χ4v) is 2.18. The van der Waals surface area contributed by atoms with Crippen molar-refractivity contribution in [3.8, 4) is 5.69 Å². The molecular weight excluding hydrogens is 278 g/mol. The van der Waals surface area contributed by atoms with Crippen LogP contribution in [-0.2, 0) is 0 Å². The topological polar surface area (TPSA) is 67.2 Å². The molecule has 0 spiro atoms. The van der Waals surface area contributed by atoms with Crippen LogP contribution in [0.3, 0.4) is 0 Å². The Morgan fingerprint density at radius 1 is 1.36 bits per heavy atom. The third-order valence-corrected chi connectivity index (χ3v) is 3.89. The minimum Gasteiger partial charge on any atom is -0.391 e. The first-order chi connectivity index (χ1) is 10.5. The SMILES string of the molecule is CCC(C)C(O)CNC(=O)c1cc(C)n(-c2ccccc2)n1. The number of amides is 1. The number of carbonyl (C=O) groups excluding carboxylic acids is 1. The third kappa shape index (κ3) is 3.74. The van der Waals surface area contributed by atoms with Gasteiger partial charge in [-0.2, -0.15) is 5.10 Å². The van der Waals surface area contributed by atoms with Crippen LogP contribution in [0.15, 0.2) is 36.4 Å². The summed E-state index contributed by atoms with van der Waals surface area (Å²) >= 11 is 0. The first kappa shape index (κ1) is 16.2.